The standard InChI is InChI=1S/C15H26N2O4/c1-14(2,3)20-12(18)11(9-7-8-10-16)17-13(19)21-15(4,5)6/h11H,7-9H2,1-6H3,(H,17,19)/t11-/m0/s1/i10+1,16+1. The molecule has 0 aromatic heterocycles. The zero-order valence-corrected chi connectivity index (χ0v) is 13.8. The van der Waals surface area contributed by atoms with Gasteiger partial charge in [0.1, 0.15) is 17.2 Å². The van der Waals surface area contributed by atoms with Crippen molar-refractivity contribution in [1.29, 1.82) is 5.26 Å². The lowest BCUT2D eigenvalue weighted by Crippen LogP contribution is -2.46. The summed E-state index contributed by atoms with van der Waals surface area (Å²) in [7, 11) is 0. The number of carbonyl (C=O) groups excluding carboxylic acids is 2. The second kappa shape index (κ2) is 7.87. The van der Waals surface area contributed by atoms with Gasteiger partial charge < -0.3 is 14.8 Å². The Morgan fingerprint density at radius 3 is 2.05 bits per heavy atom. The third-order valence-corrected chi connectivity index (χ3v) is 2.16. The van der Waals surface area contributed by atoms with E-state index in [0.717, 1.165) is 0 Å². The Balaban J connectivity index is 4.70. The fourth-order valence-corrected chi connectivity index (χ4v) is 1.46. The van der Waals surface area contributed by atoms with Gasteiger partial charge in [0.25, 0.3) is 0 Å². The molecule has 1 atom stereocenters. The summed E-state index contributed by atoms with van der Waals surface area (Å²) >= 11 is 0. The molecule has 0 saturated heterocycles. The van der Waals surface area contributed by atoms with Crippen LogP contribution in [0.2, 0.25) is 0 Å². The van der Waals surface area contributed by atoms with Crippen molar-refractivity contribution in [2.45, 2.75) is 78.0 Å². The number of hydrogen-bond donors (Lipinski definition) is 1. The molecule has 1 N–H and O–H groups in total. The molecule has 0 aromatic carbocycles. The molecule has 0 unspecified atom stereocenters. The van der Waals surface area contributed by atoms with Crippen molar-refractivity contribution in [2.24, 2.45) is 0 Å². The van der Waals surface area contributed by atoms with Gasteiger partial charge in [-0.3, -0.25) is 0 Å². The number of amides is 1. The molecule has 21 heavy (non-hydrogen) atoms. The minimum Gasteiger partial charge on any atom is -0.458 e. The molecule has 0 fully saturated rings. The minimum atomic E-state index is -0.813. The lowest BCUT2D eigenvalue weighted by atomic mass is 10.1. The number of rotatable bonds is 5. The Kier molecular flexibility index (Phi) is 7.20. The van der Waals surface area contributed by atoms with E-state index in [9.17, 15) is 9.59 Å². The highest BCUT2D eigenvalue weighted by Crippen LogP contribution is 2.13. The van der Waals surface area contributed by atoms with Crippen molar-refractivity contribution in [3.05, 3.63) is 0 Å². The topological polar surface area (TPSA) is 88.4 Å². The Bertz CT molecular complexity index is 399. The highest BCUT2D eigenvalue weighted by molar-refractivity contribution is 5.81. The van der Waals surface area contributed by atoms with Crippen molar-refractivity contribution in [1.82, 2.24) is 5.32 Å². The third kappa shape index (κ3) is 10.7. The van der Waals surface area contributed by atoms with Crippen LogP contribution in [-0.4, -0.2) is 29.3 Å². The number of nitrogens with zero attached hydrogens (tertiary/aromatic N) is 1. The maximum Gasteiger partial charge on any atom is 0.408 e. The van der Waals surface area contributed by atoms with Gasteiger partial charge >= 0.3 is 12.1 Å². The van der Waals surface area contributed by atoms with Gasteiger partial charge in [-0.05, 0) is 54.4 Å². The van der Waals surface area contributed by atoms with Crippen LogP contribution in [0.3, 0.4) is 0 Å². The summed E-state index contributed by atoms with van der Waals surface area (Å²) in [6.45, 7) is 10.5. The average molecular weight is 300 g/mol. The SMILES string of the molecule is CC(C)(C)OC(=O)N[C@@H](CCC[13C]#[15N])C(=O)OC(C)(C)C. The molecule has 0 aliphatic rings. The number of nitriles is 1. The van der Waals surface area contributed by atoms with Crippen molar-refractivity contribution < 1.29 is 19.1 Å². The van der Waals surface area contributed by atoms with Crippen LogP contribution in [0.4, 0.5) is 4.79 Å². The molecule has 120 valence electrons. The van der Waals surface area contributed by atoms with E-state index in [2.05, 4.69) is 5.32 Å². The van der Waals surface area contributed by atoms with Crippen LogP contribution >= 0.6 is 0 Å². The zero-order chi connectivity index (χ0) is 16.7. The number of unbranched alkanes of at least 4 members (excludes halogenated alkanes) is 1. The summed E-state index contributed by atoms with van der Waals surface area (Å²) < 4.78 is 10.4. The van der Waals surface area contributed by atoms with E-state index >= 15 is 0 Å². The highest BCUT2D eigenvalue weighted by Gasteiger charge is 2.28. The average Bonchev–Trinajstić information content (AvgIpc) is 2.22. The lowest BCUT2D eigenvalue weighted by Gasteiger charge is -2.26. The van der Waals surface area contributed by atoms with Gasteiger partial charge in [-0.1, -0.05) is 0 Å². The van der Waals surface area contributed by atoms with Gasteiger partial charge in [0.15, 0.2) is 0 Å². The van der Waals surface area contributed by atoms with Crippen LogP contribution in [0.5, 0.6) is 0 Å². The number of ether oxygens (including phenoxy) is 2. The minimum absolute atomic E-state index is 0.315. The molecule has 0 heterocycles. The highest BCUT2D eigenvalue weighted by atomic mass is 16.6. The number of alkyl carbamates (subject to hydrolysis) is 1. The van der Waals surface area contributed by atoms with Crippen LogP contribution in [0.1, 0.15) is 60.8 Å². The first-order valence-corrected chi connectivity index (χ1v) is 7.04. The summed E-state index contributed by atoms with van der Waals surface area (Å²) in [5.41, 5.74) is -1.28. The fraction of sp³-hybridized carbons (Fsp3) is 0.800. The predicted molar refractivity (Wildman–Crippen MR) is 78.5 cm³/mol. The Labute approximate surface area is 126 Å². The molecule has 0 aromatic rings. The van der Waals surface area contributed by atoms with Crippen LogP contribution in [0, 0.1) is 11.3 Å². The Morgan fingerprint density at radius 1 is 1.10 bits per heavy atom. The number of esters is 1. The zero-order valence-electron chi connectivity index (χ0n) is 13.8. The molecule has 0 radical (unpaired) electrons. The molecule has 6 heteroatoms. The van der Waals surface area contributed by atoms with Crippen molar-refractivity contribution in [3.63, 3.8) is 0 Å². The van der Waals surface area contributed by atoms with E-state index in [4.69, 9.17) is 14.7 Å². The van der Waals surface area contributed by atoms with E-state index in [1.165, 1.54) is 0 Å². The number of nitrogens with one attached hydrogen (secondary N) is 1. The summed E-state index contributed by atoms with van der Waals surface area (Å²) in [5, 5.41) is 11.1. The van der Waals surface area contributed by atoms with E-state index in [1.54, 1.807) is 41.5 Å². The van der Waals surface area contributed by atoms with Gasteiger partial charge in [0.05, 0.1) is 6.07 Å². The second-order valence-corrected chi connectivity index (χ2v) is 6.78. The summed E-state index contributed by atoms with van der Waals surface area (Å²) in [4.78, 5) is 23.8. The normalized spacial score (nSPS) is 13.0. The Hall–Kier alpha value is -1.77. The fourth-order valence-electron chi connectivity index (χ4n) is 1.46. The maximum atomic E-state index is 12.1. The van der Waals surface area contributed by atoms with E-state index in [0.29, 0.717) is 19.3 Å². The summed E-state index contributed by atoms with van der Waals surface area (Å²) in [6.07, 6.45) is 0.475. The van der Waals surface area contributed by atoms with Gasteiger partial charge in [0, 0.05) is 6.42 Å². The largest absolute Gasteiger partial charge is 0.458 e. The molecule has 0 saturated carbocycles. The van der Waals surface area contributed by atoms with Crippen LogP contribution in [-0.2, 0) is 14.3 Å². The number of carbonyl (C=O) groups is 2. The van der Waals surface area contributed by atoms with E-state index in [1.807, 2.05) is 6.07 Å². The molecule has 0 aliphatic carbocycles. The molecule has 0 spiro atoms. The monoisotopic (exact) mass is 300 g/mol. The molecular formula is C15H26N2O4. The van der Waals surface area contributed by atoms with Gasteiger partial charge in [-0.25, -0.2) is 9.59 Å². The summed E-state index contributed by atoms with van der Waals surface area (Å²) in [5.74, 6) is -0.522. The van der Waals surface area contributed by atoms with Gasteiger partial charge in [-0.15, -0.1) is 0 Å². The van der Waals surface area contributed by atoms with Gasteiger partial charge in [0.2, 0.25) is 0 Å². The molecule has 1 amide bonds. The van der Waals surface area contributed by atoms with Crippen LogP contribution in [0.25, 0.3) is 0 Å². The first-order valence-electron chi connectivity index (χ1n) is 7.04. The van der Waals surface area contributed by atoms with Crippen molar-refractivity contribution >= 4 is 12.1 Å². The summed E-state index contributed by atoms with van der Waals surface area (Å²) in [6, 6.07) is 1.19. The van der Waals surface area contributed by atoms with Gasteiger partial charge in [-0.2, -0.15) is 5.26 Å². The van der Waals surface area contributed by atoms with Crippen molar-refractivity contribution in [2.75, 3.05) is 0 Å². The van der Waals surface area contributed by atoms with Crippen molar-refractivity contribution in [3.8, 4) is 6.07 Å². The quantitative estimate of drug-likeness (QED) is 0.365. The smallest absolute Gasteiger partial charge is 0.408 e. The third-order valence-electron chi connectivity index (χ3n) is 2.16. The lowest BCUT2D eigenvalue weighted by molar-refractivity contribution is -0.157. The molecule has 0 rings (SSSR count). The second-order valence-electron chi connectivity index (χ2n) is 6.78. The molecule has 0 aliphatic heterocycles. The molecule has 0 bridgehead atoms. The first kappa shape index (κ1) is 19.2. The van der Waals surface area contributed by atoms with E-state index < -0.39 is 29.3 Å². The first-order chi connectivity index (χ1) is 9.44. The number of hydrogen-bond acceptors (Lipinski definition) is 5. The molecule has 6 nitrogen and oxygen atoms in total. The van der Waals surface area contributed by atoms with Crippen LogP contribution in [0.15, 0.2) is 0 Å². The van der Waals surface area contributed by atoms with E-state index in [-0.39, 0.29) is 0 Å². The Morgan fingerprint density at radius 2 is 1.62 bits per heavy atom. The maximum absolute atomic E-state index is 12.1. The van der Waals surface area contributed by atoms with Crippen LogP contribution < -0.4 is 5.32 Å². The predicted octanol–water partition coefficient (Wildman–Crippen LogP) is 2.92. The molecular weight excluding hydrogens is 274 g/mol.